The van der Waals surface area contributed by atoms with E-state index in [1.54, 1.807) is 22.4 Å². The van der Waals surface area contributed by atoms with Crippen LogP contribution in [0.15, 0.2) is 29.6 Å². The molecule has 0 radical (unpaired) electrons. The minimum absolute atomic E-state index is 0.105. The number of rotatable bonds is 7. The fourth-order valence-electron chi connectivity index (χ4n) is 4.82. The number of amides is 2. The highest BCUT2D eigenvalue weighted by molar-refractivity contribution is 7.88. The highest BCUT2D eigenvalue weighted by Gasteiger charge is 2.58. The average Bonchev–Trinajstić information content (AvgIpc) is 3.42. The van der Waals surface area contributed by atoms with Crippen LogP contribution in [0, 0.1) is 17.7 Å². The van der Waals surface area contributed by atoms with Crippen LogP contribution in [0.4, 0.5) is 4.39 Å². The van der Waals surface area contributed by atoms with Gasteiger partial charge in [0.15, 0.2) is 0 Å². The first-order chi connectivity index (χ1) is 15.6. The van der Waals surface area contributed by atoms with Gasteiger partial charge in [-0.2, -0.15) is 0 Å². The van der Waals surface area contributed by atoms with E-state index >= 15 is 0 Å². The van der Waals surface area contributed by atoms with Gasteiger partial charge < -0.3 is 10.2 Å². The number of hydrogen-bond donors (Lipinski definition) is 1. The number of halogens is 1. The molecule has 0 aliphatic carbocycles. The van der Waals surface area contributed by atoms with Crippen LogP contribution in [0.25, 0.3) is 0 Å². The molecule has 1 aromatic heterocycles. The molecule has 1 aromatic carbocycles. The smallest absolute Gasteiger partial charge is 0.273 e. The third kappa shape index (κ3) is 4.67. The number of likely N-dealkylation sites (tertiary alicyclic amines) is 1. The summed E-state index contributed by atoms with van der Waals surface area (Å²) in [5.74, 6) is -1.66. The zero-order valence-electron chi connectivity index (χ0n) is 18.7. The zero-order valence-corrected chi connectivity index (χ0v) is 20.3. The van der Waals surface area contributed by atoms with Gasteiger partial charge in [0, 0.05) is 25.0 Å². The standard InChI is InChI=1S/C22H27FN4O4S2/c1-13(2)19-20-17(27(22(19)29)33(3,30)31)8-9-26(20)21(28)16-12-32-18(25-16)11-24-10-14-4-6-15(23)7-5-14/h4-7,12-13,17,19-20,24H,8-11H2,1-3H3/t17-,19+,20-/m1/s1. The maximum Gasteiger partial charge on any atom is 0.273 e. The van der Waals surface area contributed by atoms with Crippen LogP contribution < -0.4 is 5.32 Å². The van der Waals surface area contributed by atoms with Crippen LogP contribution in [0.2, 0.25) is 0 Å². The first-order valence-corrected chi connectivity index (χ1v) is 13.5. The molecule has 8 nitrogen and oxygen atoms in total. The number of nitrogens with one attached hydrogen (secondary N) is 1. The van der Waals surface area contributed by atoms with Crippen LogP contribution >= 0.6 is 11.3 Å². The Labute approximate surface area is 196 Å². The number of fused-ring (bicyclic) bond motifs is 1. The summed E-state index contributed by atoms with van der Waals surface area (Å²) in [6.45, 7) is 5.13. The van der Waals surface area contributed by atoms with E-state index in [1.807, 2.05) is 13.8 Å². The highest BCUT2D eigenvalue weighted by Crippen LogP contribution is 2.41. The van der Waals surface area contributed by atoms with Gasteiger partial charge in [0.25, 0.3) is 5.91 Å². The lowest BCUT2D eigenvalue weighted by molar-refractivity contribution is -0.129. The van der Waals surface area contributed by atoms with Crippen LogP contribution in [0.5, 0.6) is 0 Å². The van der Waals surface area contributed by atoms with Crippen molar-refractivity contribution >= 4 is 33.2 Å². The van der Waals surface area contributed by atoms with Crippen molar-refractivity contribution in [2.75, 3.05) is 12.8 Å². The SMILES string of the molecule is CC(C)[C@@H]1C(=O)N(S(C)(=O)=O)[C@@H]2CCN(C(=O)c3csc(CNCc4ccc(F)cc4)n3)[C@H]21. The van der Waals surface area contributed by atoms with Crippen molar-refractivity contribution in [2.24, 2.45) is 11.8 Å². The highest BCUT2D eigenvalue weighted by atomic mass is 32.2. The van der Waals surface area contributed by atoms with E-state index < -0.39 is 33.9 Å². The second kappa shape index (κ2) is 9.11. The van der Waals surface area contributed by atoms with Gasteiger partial charge in [0.1, 0.15) is 16.5 Å². The first-order valence-electron chi connectivity index (χ1n) is 10.8. The molecule has 0 spiro atoms. The second-order valence-corrected chi connectivity index (χ2v) is 11.7. The van der Waals surface area contributed by atoms with Gasteiger partial charge in [-0.15, -0.1) is 11.3 Å². The molecule has 0 unspecified atom stereocenters. The maximum absolute atomic E-state index is 13.3. The molecule has 2 amide bonds. The van der Waals surface area contributed by atoms with E-state index in [0.29, 0.717) is 31.7 Å². The fraction of sp³-hybridized carbons (Fsp3) is 0.500. The zero-order chi connectivity index (χ0) is 23.9. The molecule has 178 valence electrons. The van der Waals surface area contributed by atoms with Crippen LogP contribution in [-0.2, 0) is 27.9 Å². The third-order valence-corrected chi connectivity index (χ3v) is 8.23. The molecule has 0 bridgehead atoms. The predicted molar refractivity (Wildman–Crippen MR) is 122 cm³/mol. The Morgan fingerprint density at radius 3 is 2.61 bits per heavy atom. The Kier molecular flexibility index (Phi) is 6.56. The molecular formula is C22H27FN4O4S2. The molecular weight excluding hydrogens is 467 g/mol. The van der Waals surface area contributed by atoms with Crippen LogP contribution in [0.1, 0.15) is 41.3 Å². The van der Waals surface area contributed by atoms with E-state index in [0.717, 1.165) is 21.1 Å². The number of benzene rings is 1. The first kappa shape index (κ1) is 23.8. The van der Waals surface area contributed by atoms with Crippen molar-refractivity contribution < 1.29 is 22.4 Å². The van der Waals surface area contributed by atoms with Gasteiger partial charge in [-0.25, -0.2) is 22.1 Å². The van der Waals surface area contributed by atoms with Gasteiger partial charge in [0.2, 0.25) is 15.9 Å². The predicted octanol–water partition coefficient (Wildman–Crippen LogP) is 2.23. The minimum atomic E-state index is -3.71. The quantitative estimate of drug-likeness (QED) is 0.634. The molecule has 33 heavy (non-hydrogen) atoms. The van der Waals surface area contributed by atoms with Crippen molar-refractivity contribution in [1.82, 2.24) is 19.5 Å². The Bertz CT molecular complexity index is 1150. The van der Waals surface area contributed by atoms with Crippen LogP contribution in [0.3, 0.4) is 0 Å². The molecule has 2 aliphatic heterocycles. The van der Waals surface area contributed by atoms with Crippen molar-refractivity contribution in [3.8, 4) is 0 Å². The lowest BCUT2D eigenvalue weighted by Gasteiger charge is -2.28. The monoisotopic (exact) mass is 494 g/mol. The number of thiazole rings is 1. The molecule has 2 fully saturated rings. The van der Waals surface area contributed by atoms with Crippen molar-refractivity contribution in [3.05, 3.63) is 51.7 Å². The third-order valence-electron chi connectivity index (χ3n) is 6.22. The molecule has 3 atom stereocenters. The number of carbonyl (C=O) groups is 2. The summed E-state index contributed by atoms with van der Waals surface area (Å²) in [7, 11) is -3.71. The fourth-order valence-corrected chi connectivity index (χ4v) is 6.73. The summed E-state index contributed by atoms with van der Waals surface area (Å²) in [6.07, 6.45) is 1.47. The summed E-state index contributed by atoms with van der Waals surface area (Å²) >= 11 is 1.36. The summed E-state index contributed by atoms with van der Waals surface area (Å²) in [5.41, 5.74) is 1.24. The number of aromatic nitrogens is 1. The van der Waals surface area contributed by atoms with Crippen LogP contribution in [-0.4, -0.2) is 59.3 Å². The van der Waals surface area contributed by atoms with E-state index in [-0.39, 0.29) is 17.6 Å². The lowest BCUT2D eigenvalue weighted by Crippen LogP contribution is -2.44. The van der Waals surface area contributed by atoms with Crippen molar-refractivity contribution in [1.29, 1.82) is 0 Å². The van der Waals surface area contributed by atoms with Crippen molar-refractivity contribution in [3.63, 3.8) is 0 Å². The normalized spacial score (nSPS) is 22.9. The Morgan fingerprint density at radius 1 is 1.27 bits per heavy atom. The Morgan fingerprint density at radius 2 is 1.97 bits per heavy atom. The molecule has 2 aliphatic rings. The molecule has 11 heteroatoms. The van der Waals surface area contributed by atoms with Gasteiger partial charge in [0.05, 0.1) is 24.3 Å². The minimum Gasteiger partial charge on any atom is -0.331 e. The van der Waals surface area contributed by atoms with Gasteiger partial charge in [-0.1, -0.05) is 26.0 Å². The van der Waals surface area contributed by atoms with Gasteiger partial charge >= 0.3 is 0 Å². The van der Waals surface area contributed by atoms with Gasteiger partial charge in [-0.3, -0.25) is 9.59 Å². The Hall–Kier alpha value is -2.37. The van der Waals surface area contributed by atoms with E-state index in [1.165, 1.54) is 23.5 Å². The van der Waals surface area contributed by atoms with E-state index in [2.05, 4.69) is 10.3 Å². The molecule has 4 rings (SSSR count). The van der Waals surface area contributed by atoms with Crippen molar-refractivity contribution in [2.45, 2.75) is 45.4 Å². The number of hydrogen-bond acceptors (Lipinski definition) is 7. The summed E-state index contributed by atoms with van der Waals surface area (Å²) in [5, 5.41) is 5.66. The molecule has 0 saturated carbocycles. The largest absolute Gasteiger partial charge is 0.331 e. The summed E-state index contributed by atoms with van der Waals surface area (Å²) in [4.78, 5) is 32.3. The van der Waals surface area contributed by atoms with Gasteiger partial charge in [-0.05, 0) is 30.0 Å². The number of sulfonamides is 1. The maximum atomic E-state index is 13.3. The van der Waals surface area contributed by atoms with E-state index in [9.17, 15) is 22.4 Å². The molecule has 1 N–H and O–H groups in total. The lowest BCUT2D eigenvalue weighted by atomic mass is 9.88. The summed E-state index contributed by atoms with van der Waals surface area (Å²) in [6, 6.07) is 5.21. The topological polar surface area (TPSA) is 99.7 Å². The average molecular weight is 495 g/mol. The number of carbonyl (C=O) groups excluding carboxylic acids is 2. The number of nitrogens with zero attached hydrogens (tertiary/aromatic N) is 3. The Balaban J connectivity index is 1.45. The molecule has 2 aromatic rings. The second-order valence-electron chi connectivity index (χ2n) is 8.87. The molecule has 3 heterocycles. The van der Waals surface area contributed by atoms with E-state index in [4.69, 9.17) is 0 Å². The molecule has 2 saturated heterocycles. The summed E-state index contributed by atoms with van der Waals surface area (Å²) < 4.78 is 38.6.